The lowest BCUT2D eigenvalue weighted by Gasteiger charge is -2.30. The summed E-state index contributed by atoms with van der Waals surface area (Å²) in [7, 11) is 0. The Bertz CT molecular complexity index is 727. The number of aryl methyl sites for hydroxylation is 1. The monoisotopic (exact) mass is 313 g/mol. The third-order valence-electron chi connectivity index (χ3n) is 4.63. The summed E-state index contributed by atoms with van der Waals surface area (Å²) >= 11 is 0. The Morgan fingerprint density at radius 1 is 1.30 bits per heavy atom. The van der Waals surface area contributed by atoms with Crippen molar-refractivity contribution < 1.29 is 14.1 Å². The van der Waals surface area contributed by atoms with Crippen molar-refractivity contribution in [3.8, 4) is 5.75 Å². The molecule has 6 nitrogen and oxygen atoms in total. The van der Waals surface area contributed by atoms with E-state index in [4.69, 9.17) is 9.26 Å². The highest BCUT2D eigenvalue weighted by molar-refractivity contribution is 5.85. The number of fused-ring (bicyclic) bond motifs is 1. The third kappa shape index (κ3) is 2.48. The minimum atomic E-state index is -0.145. The zero-order valence-corrected chi connectivity index (χ0v) is 13.1. The summed E-state index contributed by atoms with van der Waals surface area (Å²) in [6.07, 6.45) is 2.56. The van der Waals surface area contributed by atoms with Gasteiger partial charge >= 0.3 is 0 Å². The van der Waals surface area contributed by atoms with Gasteiger partial charge in [-0.1, -0.05) is 23.4 Å². The normalized spacial score (nSPS) is 23.4. The van der Waals surface area contributed by atoms with Crippen LogP contribution in [0.3, 0.4) is 0 Å². The first-order valence-corrected chi connectivity index (χ1v) is 8.06. The van der Waals surface area contributed by atoms with E-state index in [9.17, 15) is 4.79 Å². The summed E-state index contributed by atoms with van der Waals surface area (Å²) in [5.41, 5.74) is 0.985. The van der Waals surface area contributed by atoms with Crippen LogP contribution in [-0.4, -0.2) is 34.1 Å². The molecule has 0 bridgehead atoms. The summed E-state index contributed by atoms with van der Waals surface area (Å²) in [5.74, 6) is 1.98. The number of hydrogen-bond donors (Lipinski definition) is 0. The van der Waals surface area contributed by atoms with E-state index in [2.05, 4.69) is 10.1 Å². The average molecular weight is 313 g/mol. The van der Waals surface area contributed by atoms with E-state index in [0.29, 0.717) is 24.7 Å². The van der Waals surface area contributed by atoms with E-state index in [0.717, 1.165) is 30.7 Å². The second-order valence-corrected chi connectivity index (χ2v) is 6.09. The van der Waals surface area contributed by atoms with Crippen molar-refractivity contribution >= 4 is 5.91 Å². The molecule has 1 amide bonds. The minimum absolute atomic E-state index is 0.0741. The first-order chi connectivity index (χ1) is 11.2. The molecular weight excluding hydrogens is 294 g/mol. The van der Waals surface area contributed by atoms with Crippen molar-refractivity contribution in [2.75, 3.05) is 13.2 Å². The maximum atomic E-state index is 13.1. The molecule has 1 aromatic carbocycles. The van der Waals surface area contributed by atoms with Crippen LogP contribution >= 0.6 is 0 Å². The number of rotatable bonds is 2. The number of carbonyl (C=O) groups excluding carboxylic acids is 1. The SMILES string of the molecule is Cc1nc([C@@H]2CCCN2C(=O)[C@@H]2CCOc3ccccc32)no1. The van der Waals surface area contributed by atoms with Gasteiger partial charge in [-0.2, -0.15) is 4.98 Å². The first kappa shape index (κ1) is 14.2. The second kappa shape index (κ2) is 5.68. The number of benzene rings is 1. The zero-order valence-electron chi connectivity index (χ0n) is 13.1. The molecule has 120 valence electrons. The van der Waals surface area contributed by atoms with Crippen molar-refractivity contribution in [1.29, 1.82) is 0 Å². The predicted molar refractivity (Wildman–Crippen MR) is 82.0 cm³/mol. The fraction of sp³-hybridized carbons (Fsp3) is 0.471. The molecule has 0 saturated carbocycles. The van der Waals surface area contributed by atoms with Gasteiger partial charge in [-0.15, -0.1) is 0 Å². The number of para-hydroxylation sites is 1. The number of likely N-dealkylation sites (tertiary alicyclic amines) is 1. The quantitative estimate of drug-likeness (QED) is 0.852. The van der Waals surface area contributed by atoms with Gasteiger partial charge in [-0.25, -0.2) is 0 Å². The average Bonchev–Trinajstić information content (AvgIpc) is 3.22. The summed E-state index contributed by atoms with van der Waals surface area (Å²) in [5, 5.41) is 4.02. The van der Waals surface area contributed by atoms with E-state index in [-0.39, 0.29) is 17.9 Å². The van der Waals surface area contributed by atoms with Gasteiger partial charge in [0.25, 0.3) is 0 Å². The van der Waals surface area contributed by atoms with Crippen molar-refractivity contribution in [2.24, 2.45) is 0 Å². The Kier molecular flexibility index (Phi) is 3.52. The van der Waals surface area contributed by atoms with E-state index in [1.54, 1.807) is 6.92 Å². The standard InChI is InChI=1S/C17H19N3O3/c1-11-18-16(19-23-11)14-6-4-9-20(14)17(21)13-8-10-22-15-7-3-2-5-12(13)15/h2-3,5,7,13-14H,4,6,8-10H2,1H3/t13-,14+/m1/s1. The molecule has 4 rings (SSSR count). The lowest BCUT2D eigenvalue weighted by Crippen LogP contribution is -2.37. The van der Waals surface area contributed by atoms with Crippen molar-refractivity contribution in [3.63, 3.8) is 0 Å². The molecule has 1 saturated heterocycles. The van der Waals surface area contributed by atoms with Crippen LogP contribution in [0.1, 0.15) is 48.5 Å². The topological polar surface area (TPSA) is 68.5 Å². The van der Waals surface area contributed by atoms with Crippen molar-refractivity contribution in [3.05, 3.63) is 41.5 Å². The molecule has 0 N–H and O–H groups in total. The molecule has 1 aromatic heterocycles. The van der Waals surface area contributed by atoms with Crippen molar-refractivity contribution in [2.45, 2.75) is 38.1 Å². The van der Waals surface area contributed by atoms with Gasteiger partial charge in [-0.3, -0.25) is 4.79 Å². The second-order valence-electron chi connectivity index (χ2n) is 6.09. The third-order valence-corrected chi connectivity index (χ3v) is 4.63. The lowest BCUT2D eigenvalue weighted by atomic mass is 9.91. The number of carbonyl (C=O) groups is 1. The molecule has 0 aliphatic carbocycles. The Morgan fingerprint density at radius 3 is 3.00 bits per heavy atom. The fourth-order valence-corrected chi connectivity index (χ4v) is 3.55. The number of nitrogens with zero attached hydrogens (tertiary/aromatic N) is 3. The Balaban J connectivity index is 1.62. The van der Waals surface area contributed by atoms with E-state index < -0.39 is 0 Å². The van der Waals surface area contributed by atoms with Crippen LogP contribution in [0, 0.1) is 6.92 Å². The van der Waals surface area contributed by atoms with Crippen LogP contribution in [0.5, 0.6) is 5.75 Å². The Morgan fingerprint density at radius 2 is 2.17 bits per heavy atom. The van der Waals surface area contributed by atoms with Crippen molar-refractivity contribution in [1.82, 2.24) is 15.0 Å². The molecule has 2 aromatic rings. The van der Waals surface area contributed by atoms with E-state index >= 15 is 0 Å². The highest BCUT2D eigenvalue weighted by Gasteiger charge is 2.38. The highest BCUT2D eigenvalue weighted by Crippen LogP contribution is 2.38. The molecule has 3 heterocycles. The molecule has 1 fully saturated rings. The molecule has 2 aliphatic rings. The van der Waals surface area contributed by atoms with Crippen LogP contribution < -0.4 is 4.74 Å². The maximum Gasteiger partial charge on any atom is 0.231 e. The van der Waals surface area contributed by atoms with Crippen LogP contribution in [0.2, 0.25) is 0 Å². The fourth-order valence-electron chi connectivity index (χ4n) is 3.55. The maximum absolute atomic E-state index is 13.1. The largest absolute Gasteiger partial charge is 0.493 e. The van der Waals surface area contributed by atoms with Gasteiger partial charge in [0, 0.05) is 19.0 Å². The van der Waals surface area contributed by atoms with Crippen LogP contribution in [-0.2, 0) is 4.79 Å². The van der Waals surface area contributed by atoms with Gasteiger partial charge in [0.05, 0.1) is 18.6 Å². The number of ether oxygens (including phenoxy) is 1. The number of aromatic nitrogens is 2. The molecule has 0 spiro atoms. The van der Waals surface area contributed by atoms with E-state index in [1.807, 2.05) is 29.2 Å². The summed E-state index contributed by atoms with van der Waals surface area (Å²) in [4.78, 5) is 19.4. The van der Waals surface area contributed by atoms with Crippen LogP contribution in [0.25, 0.3) is 0 Å². The van der Waals surface area contributed by atoms with Gasteiger partial charge in [0.2, 0.25) is 11.8 Å². The summed E-state index contributed by atoms with van der Waals surface area (Å²) in [6, 6.07) is 7.74. The Hall–Kier alpha value is -2.37. The van der Waals surface area contributed by atoms with Gasteiger partial charge in [0.1, 0.15) is 5.75 Å². The van der Waals surface area contributed by atoms with Gasteiger partial charge in [0.15, 0.2) is 5.82 Å². The van der Waals surface area contributed by atoms with Crippen LogP contribution in [0.15, 0.2) is 28.8 Å². The summed E-state index contributed by atoms with van der Waals surface area (Å²) < 4.78 is 10.8. The van der Waals surface area contributed by atoms with Gasteiger partial charge in [-0.05, 0) is 25.3 Å². The van der Waals surface area contributed by atoms with E-state index in [1.165, 1.54) is 0 Å². The molecule has 0 radical (unpaired) electrons. The molecule has 2 atom stereocenters. The molecule has 6 heteroatoms. The summed E-state index contributed by atoms with van der Waals surface area (Å²) in [6.45, 7) is 3.09. The Labute approximate surface area is 134 Å². The molecule has 23 heavy (non-hydrogen) atoms. The molecule has 0 unspecified atom stereocenters. The molecule has 2 aliphatic heterocycles. The van der Waals surface area contributed by atoms with Crippen LogP contribution in [0.4, 0.5) is 0 Å². The smallest absolute Gasteiger partial charge is 0.231 e. The first-order valence-electron chi connectivity index (χ1n) is 8.06. The lowest BCUT2D eigenvalue weighted by molar-refractivity contribution is -0.134. The van der Waals surface area contributed by atoms with Gasteiger partial charge < -0.3 is 14.2 Å². The number of hydrogen-bond acceptors (Lipinski definition) is 5. The predicted octanol–water partition coefficient (Wildman–Crippen LogP) is 2.61. The molecular formula is C17H19N3O3. The number of amides is 1. The highest BCUT2D eigenvalue weighted by atomic mass is 16.5. The minimum Gasteiger partial charge on any atom is -0.493 e. The zero-order chi connectivity index (χ0) is 15.8.